The Kier molecular flexibility index (Phi) is 6.41. The second-order valence-corrected chi connectivity index (χ2v) is 9.26. The Morgan fingerprint density at radius 1 is 1.08 bits per heavy atom. The normalized spacial score (nSPS) is 17.1. The molecule has 6 nitrogen and oxygen atoms in total. The van der Waals surface area contributed by atoms with Crippen molar-refractivity contribution in [3.63, 3.8) is 0 Å². The van der Waals surface area contributed by atoms with Crippen LogP contribution in [0.3, 0.4) is 0 Å². The highest BCUT2D eigenvalue weighted by molar-refractivity contribution is 6.11. The summed E-state index contributed by atoms with van der Waals surface area (Å²) in [6.45, 7) is 1.12. The second kappa shape index (κ2) is 9.42. The third-order valence-electron chi connectivity index (χ3n) is 6.67. The first-order valence-corrected chi connectivity index (χ1v) is 11.8. The van der Waals surface area contributed by atoms with Gasteiger partial charge in [0.05, 0.1) is 17.8 Å². The van der Waals surface area contributed by atoms with Crippen LogP contribution in [-0.2, 0) is 16.9 Å². The summed E-state index contributed by atoms with van der Waals surface area (Å²) in [7, 11) is 0. The highest BCUT2D eigenvalue weighted by Crippen LogP contribution is 2.40. The Bertz CT molecular complexity index is 1340. The maximum Gasteiger partial charge on any atom is 0.422 e. The van der Waals surface area contributed by atoms with Crippen LogP contribution in [0.15, 0.2) is 48.5 Å². The quantitative estimate of drug-likeness (QED) is 0.467. The number of halogens is 4. The van der Waals surface area contributed by atoms with Crippen molar-refractivity contribution in [2.24, 2.45) is 0 Å². The molecule has 1 aromatic heterocycles. The van der Waals surface area contributed by atoms with Gasteiger partial charge >= 0.3 is 6.18 Å². The number of aliphatic hydroxyl groups is 1. The summed E-state index contributed by atoms with van der Waals surface area (Å²) >= 11 is 0. The number of carbonyl (C=O) groups is 1. The van der Waals surface area contributed by atoms with Gasteiger partial charge < -0.3 is 19.5 Å². The van der Waals surface area contributed by atoms with Gasteiger partial charge in [-0.05, 0) is 42.8 Å². The van der Waals surface area contributed by atoms with E-state index < -0.39 is 24.2 Å². The maximum absolute atomic E-state index is 13.9. The van der Waals surface area contributed by atoms with Gasteiger partial charge in [-0.3, -0.25) is 9.78 Å². The highest BCUT2D eigenvalue weighted by Gasteiger charge is 2.35. The Labute approximate surface area is 210 Å². The fraction of sp³-hybridized carbons (Fsp3) is 0.333. The minimum absolute atomic E-state index is 0.115. The van der Waals surface area contributed by atoms with Crippen molar-refractivity contribution in [3.05, 3.63) is 76.7 Å². The molecule has 1 saturated heterocycles. The molecule has 3 heterocycles. The molecule has 37 heavy (non-hydrogen) atoms. The first kappa shape index (κ1) is 25.2. The monoisotopic (exact) mass is 516 g/mol. The van der Waals surface area contributed by atoms with Crippen molar-refractivity contribution in [2.75, 3.05) is 24.7 Å². The number of ether oxygens (including phenoxy) is 2. The Morgan fingerprint density at radius 3 is 2.46 bits per heavy atom. The van der Waals surface area contributed by atoms with E-state index in [2.05, 4.69) is 4.98 Å². The summed E-state index contributed by atoms with van der Waals surface area (Å²) in [5.41, 5.74) is 2.11. The third-order valence-corrected chi connectivity index (χ3v) is 6.67. The lowest BCUT2D eigenvalue weighted by molar-refractivity contribution is -0.153. The second-order valence-electron chi connectivity index (χ2n) is 9.26. The predicted octanol–water partition coefficient (Wildman–Crippen LogP) is 5.30. The lowest BCUT2D eigenvalue weighted by Gasteiger charge is -2.32. The molecule has 2 aromatic carbocycles. The van der Waals surface area contributed by atoms with E-state index in [-0.39, 0.29) is 29.5 Å². The molecular formula is C27H24F4N2O4. The molecule has 2 aliphatic rings. The van der Waals surface area contributed by atoms with Crippen LogP contribution in [0.2, 0.25) is 0 Å². The Hall–Kier alpha value is -3.50. The van der Waals surface area contributed by atoms with E-state index in [9.17, 15) is 27.5 Å². The van der Waals surface area contributed by atoms with E-state index in [4.69, 9.17) is 9.47 Å². The molecule has 10 heteroatoms. The number of hydrogen-bond donors (Lipinski definition) is 1. The van der Waals surface area contributed by atoms with Gasteiger partial charge in [0.2, 0.25) is 0 Å². The first-order valence-electron chi connectivity index (χ1n) is 11.8. The number of nitrogens with zero attached hydrogens (tertiary/aromatic N) is 2. The number of alkyl halides is 3. The molecule has 194 valence electrons. The van der Waals surface area contributed by atoms with Gasteiger partial charge in [-0.2, -0.15) is 13.2 Å². The van der Waals surface area contributed by atoms with E-state index >= 15 is 0 Å². The zero-order valence-corrected chi connectivity index (χ0v) is 19.9. The number of aryl methyl sites for hydroxylation is 1. The maximum atomic E-state index is 13.9. The number of anilines is 1. The molecule has 0 atom stereocenters. The molecule has 3 aromatic rings. The summed E-state index contributed by atoms with van der Waals surface area (Å²) in [6, 6.07) is 12.0. The number of hydrogen-bond acceptors (Lipinski definition) is 5. The molecule has 0 unspecified atom stereocenters. The number of aromatic nitrogens is 1. The molecule has 0 bridgehead atoms. The number of carbonyl (C=O) groups excluding carboxylic acids is 1. The van der Waals surface area contributed by atoms with E-state index in [1.165, 1.54) is 11.0 Å². The van der Waals surface area contributed by atoms with Crippen LogP contribution in [0.1, 0.15) is 40.0 Å². The van der Waals surface area contributed by atoms with Gasteiger partial charge in [0.25, 0.3) is 5.91 Å². The summed E-state index contributed by atoms with van der Waals surface area (Å²) < 4.78 is 62.6. The van der Waals surface area contributed by atoms with Crippen LogP contribution >= 0.6 is 0 Å². The molecule has 1 N–H and O–H groups in total. The minimum Gasteiger partial charge on any atom is -0.483 e. The molecule has 1 amide bonds. The zero-order chi connectivity index (χ0) is 26.4. The van der Waals surface area contributed by atoms with Crippen molar-refractivity contribution in [3.8, 4) is 17.0 Å². The van der Waals surface area contributed by atoms with Crippen molar-refractivity contribution in [1.29, 1.82) is 0 Å². The summed E-state index contributed by atoms with van der Waals surface area (Å²) in [5.74, 6) is -1.36. The fourth-order valence-corrected chi connectivity index (χ4v) is 4.78. The van der Waals surface area contributed by atoms with Gasteiger partial charge in [0, 0.05) is 60.2 Å². The predicted molar refractivity (Wildman–Crippen MR) is 127 cm³/mol. The molecule has 0 saturated carbocycles. The molecule has 0 aliphatic carbocycles. The number of benzene rings is 2. The first-order chi connectivity index (χ1) is 17.5. The van der Waals surface area contributed by atoms with Crippen LogP contribution in [0.25, 0.3) is 11.3 Å². The van der Waals surface area contributed by atoms with E-state index in [0.717, 1.165) is 17.7 Å². The van der Waals surface area contributed by atoms with Crippen molar-refractivity contribution >= 4 is 11.6 Å². The van der Waals surface area contributed by atoms with E-state index in [1.54, 1.807) is 37.3 Å². The molecule has 2 aliphatic heterocycles. The van der Waals surface area contributed by atoms with Crippen LogP contribution in [0.4, 0.5) is 23.2 Å². The van der Waals surface area contributed by atoms with Crippen LogP contribution in [0, 0.1) is 12.7 Å². The topological polar surface area (TPSA) is 71.9 Å². The van der Waals surface area contributed by atoms with Gasteiger partial charge in [-0.1, -0.05) is 12.1 Å². The fourth-order valence-electron chi connectivity index (χ4n) is 4.78. The number of rotatable bonds is 5. The SMILES string of the molecule is Cc1cc2c(c(-c3ccc(F)cc3OCC(F)(F)F)n1)CN(c1ccc(C3(O)CCOCC3)cc1)C2=O. The van der Waals surface area contributed by atoms with E-state index in [0.29, 0.717) is 48.6 Å². The Morgan fingerprint density at radius 2 is 1.78 bits per heavy atom. The van der Waals surface area contributed by atoms with Gasteiger partial charge in [-0.25, -0.2) is 4.39 Å². The van der Waals surface area contributed by atoms with Crippen LogP contribution in [0.5, 0.6) is 5.75 Å². The highest BCUT2D eigenvalue weighted by atomic mass is 19.4. The molecule has 0 radical (unpaired) electrons. The minimum atomic E-state index is -4.61. The number of amides is 1. The summed E-state index contributed by atoms with van der Waals surface area (Å²) in [4.78, 5) is 19.4. The van der Waals surface area contributed by atoms with Crippen LogP contribution < -0.4 is 9.64 Å². The van der Waals surface area contributed by atoms with Gasteiger partial charge in [0.1, 0.15) is 11.6 Å². The zero-order valence-electron chi connectivity index (χ0n) is 19.9. The van der Waals surface area contributed by atoms with Crippen molar-refractivity contribution in [1.82, 2.24) is 4.98 Å². The smallest absolute Gasteiger partial charge is 0.422 e. The average Bonchev–Trinajstić information content (AvgIpc) is 3.19. The largest absolute Gasteiger partial charge is 0.483 e. The Balaban J connectivity index is 1.48. The van der Waals surface area contributed by atoms with Gasteiger partial charge in [0.15, 0.2) is 6.61 Å². The van der Waals surface area contributed by atoms with Crippen molar-refractivity contribution < 1.29 is 36.9 Å². The lowest BCUT2D eigenvalue weighted by atomic mass is 9.86. The lowest BCUT2D eigenvalue weighted by Crippen LogP contribution is -2.33. The van der Waals surface area contributed by atoms with E-state index in [1.807, 2.05) is 0 Å². The van der Waals surface area contributed by atoms with Gasteiger partial charge in [-0.15, -0.1) is 0 Å². The molecular weight excluding hydrogens is 492 g/mol. The number of fused-ring (bicyclic) bond motifs is 1. The van der Waals surface area contributed by atoms with Crippen molar-refractivity contribution in [2.45, 2.75) is 38.1 Å². The molecule has 5 rings (SSSR count). The summed E-state index contributed by atoms with van der Waals surface area (Å²) in [6.07, 6.45) is -3.65. The summed E-state index contributed by atoms with van der Waals surface area (Å²) in [5, 5.41) is 10.9. The average molecular weight is 516 g/mol. The van der Waals surface area contributed by atoms with Crippen LogP contribution in [-0.4, -0.2) is 42.0 Å². The number of pyridine rings is 1. The standard InChI is InChI=1S/C27H24F4N2O4/c1-16-12-21-22(24(32-16)20-7-4-18(28)13-23(20)37-15-27(29,30)31)14-33(25(21)34)19-5-2-17(3-6-19)26(35)8-10-36-11-9-26/h2-7,12-13,35H,8-11,14-15H2,1H3. The third kappa shape index (κ3) is 5.03. The molecule has 1 fully saturated rings. The molecule has 0 spiro atoms.